The molecule has 1 N–H and O–H groups in total. The van der Waals surface area contributed by atoms with Crippen molar-refractivity contribution in [2.75, 3.05) is 5.43 Å². The van der Waals surface area contributed by atoms with Gasteiger partial charge in [0.25, 0.3) is 0 Å². The number of ketones is 1. The summed E-state index contributed by atoms with van der Waals surface area (Å²) in [6, 6.07) is 7.69. The number of Topliss-reactive ketones (excluding diaryl/α,β-unsaturated/α-hetero) is 1. The number of anilines is 1. The van der Waals surface area contributed by atoms with E-state index in [1.165, 1.54) is 24.3 Å². The molecule has 1 heterocycles. The Hall–Kier alpha value is -2.50. The fourth-order valence-electron chi connectivity index (χ4n) is 1.35. The van der Waals surface area contributed by atoms with Gasteiger partial charge in [-0.1, -0.05) is 17.7 Å². The summed E-state index contributed by atoms with van der Waals surface area (Å²) in [6.07, 6.45) is 2.78. The molecule has 2 rings (SSSR count). The molecule has 6 heteroatoms. The molecular formula is C12H13N5O. The highest BCUT2D eigenvalue weighted by Gasteiger charge is 2.09. The lowest BCUT2D eigenvalue weighted by Gasteiger charge is -2.04. The molecule has 0 amide bonds. The Bertz CT molecular complexity index is 557. The molecular weight excluding hydrogens is 230 g/mol. The van der Waals surface area contributed by atoms with Crippen LogP contribution in [0.25, 0.3) is 0 Å². The van der Waals surface area contributed by atoms with Crippen molar-refractivity contribution >= 4 is 17.3 Å². The minimum absolute atomic E-state index is 0.188. The molecule has 0 saturated heterocycles. The quantitative estimate of drug-likeness (QED) is 0.503. The van der Waals surface area contributed by atoms with Crippen LogP contribution in [0.3, 0.4) is 0 Å². The molecule has 18 heavy (non-hydrogen) atoms. The molecule has 1 aromatic heterocycles. The Morgan fingerprint density at radius 2 is 2.06 bits per heavy atom. The van der Waals surface area contributed by atoms with Crippen LogP contribution in [0, 0.1) is 6.92 Å². The molecule has 6 nitrogen and oxygen atoms in total. The largest absolute Gasteiger partial charge is 0.291 e. The minimum Gasteiger partial charge on any atom is -0.291 e. The second-order valence-electron chi connectivity index (χ2n) is 3.81. The second-order valence-corrected chi connectivity index (χ2v) is 3.81. The van der Waals surface area contributed by atoms with E-state index < -0.39 is 0 Å². The molecule has 0 aliphatic rings. The summed E-state index contributed by atoms with van der Waals surface area (Å²) in [5.74, 6) is -0.00631. The first-order chi connectivity index (χ1) is 8.66. The molecule has 0 saturated carbocycles. The van der Waals surface area contributed by atoms with Gasteiger partial charge in [-0.25, -0.2) is 4.98 Å². The highest BCUT2D eigenvalue weighted by molar-refractivity contribution is 6.38. The van der Waals surface area contributed by atoms with Crippen LogP contribution in [-0.2, 0) is 4.79 Å². The molecule has 0 atom stereocenters. The number of carbonyl (C=O) groups is 1. The molecule has 92 valence electrons. The lowest BCUT2D eigenvalue weighted by molar-refractivity contribution is -0.111. The summed E-state index contributed by atoms with van der Waals surface area (Å²) >= 11 is 0. The van der Waals surface area contributed by atoms with Gasteiger partial charge in [-0.2, -0.15) is 14.9 Å². The van der Waals surface area contributed by atoms with Crippen LogP contribution in [-0.4, -0.2) is 26.4 Å². The normalized spacial score (nSPS) is 11.3. The van der Waals surface area contributed by atoms with Gasteiger partial charge in [0, 0.05) is 6.92 Å². The molecule has 0 aliphatic carbocycles. The third kappa shape index (κ3) is 2.79. The summed E-state index contributed by atoms with van der Waals surface area (Å²) in [6.45, 7) is 3.43. The SMILES string of the molecule is CC(=O)/C(=N/Nc1ccc(C)cc1)n1cncn1. The first-order valence-corrected chi connectivity index (χ1v) is 5.43. The van der Waals surface area contributed by atoms with Crippen LogP contribution in [0.4, 0.5) is 5.69 Å². The maximum absolute atomic E-state index is 11.5. The van der Waals surface area contributed by atoms with Crippen molar-refractivity contribution in [2.45, 2.75) is 13.8 Å². The van der Waals surface area contributed by atoms with Crippen molar-refractivity contribution in [2.24, 2.45) is 5.10 Å². The summed E-state index contributed by atoms with van der Waals surface area (Å²) in [5.41, 5.74) is 4.78. The number of aryl methyl sites for hydroxylation is 1. The molecule has 0 bridgehead atoms. The van der Waals surface area contributed by atoms with E-state index in [4.69, 9.17) is 0 Å². The van der Waals surface area contributed by atoms with E-state index in [0.717, 1.165) is 11.3 Å². The van der Waals surface area contributed by atoms with Crippen molar-refractivity contribution in [3.63, 3.8) is 0 Å². The Labute approximate surface area is 104 Å². The molecule has 0 radical (unpaired) electrons. The fourth-order valence-corrected chi connectivity index (χ4v) is 1.35. The molecule has 0 spiro atoms. The topological polar surface area (TPSA) is 72.2 Å². The maximum Gasteiger partial charge on any atom is 0.217 e. The van der Waals surface area contributed by atoms with Crippen molar-refractivity contribution < 1.29 is 4.79 Å². The lowest BCUT2D eigenvalue weighted by atomic mass is 10.2. The van der Waals surface area contributed by atoms with E-state index in [1.54, 1.807) is 0 Å². The number of nitrogens with zero attached hydrogens (tertiary/aromatic N) is 4. The van der Waals surface area contributed by atoms with E-state index in [-0.39, 0.29) is 11.6 Å². The van der Waals surface area contributed by atoms with Gasteiger partial charge >= 0.3 is 0 Å². The highest BCUT2D eigenvalue weighted by atomic mass is 16.1. The predicted octanol–water partition coefficient (Wildman–Crippen LogP) is 1.45. The number of benzene rings is 1. The number of hydrogen-bond donors (Lipinski definition) is 1. The van der Waals surface area contributed by atoms with Crippen molar-refractivity contribution in [3.05, 3.63) is 42.5 Å². The Kier molecular flexibility index (Phi) is 3.47. The number of hydrazone groups is 1. The van der Waals surface area contributed by atoms with Crippen LogP contribution >= 0.6 is 0 Å². The summed E-state index contributed by atoms with van der Waals surface area (Å²) in [5, 5.41) is 7.92. The monoisotopic (exact) mass is 243 g/mol. The Morgan fingerprint density at radius 1 is 1.33 bits per heavy atom. The van der Waals surface area contributed by atoms with Crippen molar-refractivity contribution in [3.8, 4) is 0 Å². The van der Waals surface area contributed by atoms with Gasteiger partial charge in [-0.15, -0.1) is 0 Å². The Morgan fingerprint density at radius 3 is 2.61 bits per heavy atom. The zero-order chi connectivity index (χ0) is 13.0. The van der Waals surface area contributed by atoms with Crippen LogP contribution in [0.1, 0.15) is 12.5 Å². The van der Waals surface area contributed by atoms with Crippen LogP contribution in [0.5, 0.6) is 0 Å². The smallest absolute Gasteiger partial charge is 0.217 e. The van der Waals surface area contributed by atoms with E-state index in [1.807, 2.05) is 31.2 Å². The Balaban J connectivity index is 2.20. The zero-order valence-corrected chi connectivity index (χ0v) is 10.2. The van der Waals surface area contributed by atoms with Gasteiger partial charge < -0.3 is 0 Å². The average Bonchev–Trinajstić information content (AvgIpc) is 2.85. The van der Waals surface area contributed by atoms with Crippen LogP contribution in [0.15, 0.2) is 42.0 Å². The number of nitrogens with one attached hydrogen (secondary N) is 1. The van der Waals surface area contributed by atoms with Gasteiger partial charge in [0.2, 0.25) is 5.84 Å². The van der Waals surface area contributed by atoms with E-state index in [9.17, 15) is 4.79 Å². The highest BCUT2D eigenvalue weighted by Crippen LogP contribution is 2.08. The van der Waals surface area contributed by atoms with Crippen molar-refractivity contribution in [1.82, 2.24) is 14.8 Å². The third-order valence-electron chi connectivity index (χ3n) is 2.29. The first kappa shape index (κ1) is 12.0. The molecule has 0 unspecified atom stereocenters. The van der Waals surface area contributed by atoms with Gasteiger partial charge in [-0.3, -0.25) is 10.2 Å². The van der Waals surface area contributed by atoms with Crippen LogP contribution in [0.2, 0.25) is 0 Å². The number of rotatable bonds is 3. The third-order valence-corrected chi connectivity index (χ3v) is 2.29. The van der Waals surface area contributed by atoms with Gasteiger partial charge in [0.1, 0.15) is 12.7 Å². The number of carbonyl (C=O) groups excluding carboxylic acids is 1. The zero-order valence-electron chi connectivity index (χ0n) is 10.2. The predicted molar refractivity (Wildman–Crippen MR) is 68.3 cm³/mol. The van der Waals surface area contributed by atoms with Gasteiger partial charge in [0.15, 0.2) is 5.78 Å². The van der Waals surface area contributed by atoms with Gasteiger partial charge in [0.05, 0.1) is 5.69 Å². The molecule has 1 aromatic carbocycles. The van der Waals surface area contributed by atoms with Gasteiger partial charge in [-0.05, 0) is 19.1 Å². The second kappa shape index (κ2) is 5.22. The minimum atomic E-state index is -0.194. The first-order valence-electron chi connectivity index (χ1n) is 5.43. The summed E-state index contributed by atoms with van der Waals surface area (Å²) in [7, 11) is 0. The summed E-state index contributed by atoms with van der Waals surface area (Å²) in [4.78, 5) is 15.2. The standard InChI is InChI=1S/C12H13N5O/c1-9-3-5-11(6-4-9)15-16-12(10(2)18)17-8-13-7-14-17/h3-8,15H,1-2H3/b16-12-. The number of aromatic nitrogens is 3. The summed E-state index contributed by atoms with van der Waals surface area (Å²) < 4.78 is 1.32. The van der Waals surface area contributed by atoms with Crippen LogP contribution < -0.4 is 5.43 Å². The number of hydrogen-bond acceptors (Lipinski definition) is 5. The molecule has 2 aromatic rings. The lowest BCUT2D eigenvalue weighted by Crippen LogP contribution is -2.22. The molecule has 0 fully saturated rings. The molecule has 0 aliphatic heterocycles. The maximum atomic E-state index is 11.5. The fraction of sp³-hybridized carbons (Fsp3) is 0.167. The van der Waals surface area contributed by atoms with Crippen molar-refractivity contribution in [1.29, 1.82) is 0 Å². The van der Waals surface area contributed by atoms with E-state index in [2.05, 4.69) is 20.6 Å². The van der Waals surface area contributed by atoms with E-state index in [0.29, 0.717) is 0 Å². The van der Waals surface area contributed by atoms with E-state index >= 15 is 0 Å². The average molecular weight is 243 g/mol.